The van der Waals surface area contributed by atoms with E-state index in [1.807, 2.05) is 6.56 Å². The van der Waals surface area contributed by atoms with E-state index < -0.39 is 28.6 Å². The van der Waals surface area contributed by atoms with E-state index in [-0.39, 0.29) is 24.8 Å². The Morgan fingerprint density at radius 3 is 1.15 bits per heavy atom. The molecular weight excluding hydrogens is 667 g/mol. The van der Waals surface area contributed by atoms with Crippen LogP contribution in [0, 0.1) is 0 Å². The van der Waals surface area contributed by atoms with Gasteiger partial charge in [0.2, 0.25) is 0 Å². The summed E-state index contributed by atoms with van der Waals surface area (Å²) in [6, 6.07) is 45.3. The van der Waals surface area contributed by atoms with Gasteiger partial charge in [-0.25, -0.2) is 0 Å². The summed E-state index contributed by atoms with van der Waals surface area (Å²) in [5.41, 5.74) is 8.86. The average molecular weight is 699 g/mol. The van der Waals surface area contributed by atoms with Gasteiger partial charge in [-0.05, 0) is 0 Å². The van der Waals surface area contributed by atoms with Crippen molar-refractivity contribution in [2.75, 3.05) is 0 Å². The van der Waals surface area contributed by atoms with Crippen LogP contribution in [-0.4, -0.2) is 9.98 Å². The molecule has 0 saturated heterocycles. The van der Waals surface area contributed by atoms with Gasteiger partial charge in [0.05, 0.1) is 0 Å². The summed E-state index contributed by atoms with van der Waals surface area (Å²) in [6.45, 7) is 4.79. The smallest absolute Gasteiger partial charge is 1.00 e. The predicted octanol–water partition coefficient (Wildman–Crippen LogP) is 1.94. The van der Waals surface area contributed by atoms with Crippen LogP contribution < -0.4 is 33.6 Å². The minimum atomic E-state index is -2.35. The standard InChI is InChI=1S/C12H10Ge.2C12H11.2ClH.Zr/c1-3-7-11(8-4-1)13-12-9-5-2-6-10-12;2*1-10-7-8-12(9-10)11-5-3-2-4-6-11;;;/h1-10H;2*2-6,9H,8H2,1H3;2*1H;/q;;;;;+2/p-2. The van der Waals surface area contributed by atoms with Crippen molar-refractivity contribution >= 4 is 29.9 Å². The Morgan fingerprint density at radius 1 is 0.475 bits per heavy atom. The van der Waals surface area contributed by atoms with Crippen molar-refractivity contribution in [1.82, 2.24) is 0 Å². The maximum atomic E-state index is 2.51. The Bertz CT molecular complexity index is 1510. The fourth-order valence-electron chi connectivity index (χ4n) is 5.85. The van der Waals surface area contributed by atoms with Gasteiger partial charge in [-0.2, -0.15) is 0 Å². The van der Waals surface area contributed by atoms with Crippen LogP contribution in [0.15, 0.2) is 151 Å². The third-order valence-corrected chi connectivity index (χ3v) is 39.6. The van der Waals surface area contributed by atoms with Crippen LogP contribution in [-0.2, 0) is 18.6 Å². The Kier molecular flexibility index (Phi) is 10.9. The summed E-state index contributed by atoms with van der Waals surface area (Å²) < 4.78 is 6.92. The van der Waals surface area contributed by atoms with Gasteiger partial charge in [0.1, 0.15) is 0 Å². The molecule has 0 atom stereocenters. The van der Waals surface area contributed by atoms with Crippen LogP contribution in [0.5, 0.6) is 0 Å². The summed E-state index contributed by atoms with van der Waals surface area (Å²) in [4.78, 5) is 0. The van der Waals surface area contributed by atoms with Crippen molar-refractivity contribution < 1.29 is 43.4 Å². The molecule has 0 spiro atoms. The molecule has 4 aromatic rings. The van der Waals surface area contributed by atoms with Crippen molar-refractivity contribution in [1.29, 1.82) is 0 Å². The van der Waals surface area contributed by atoms with Crippen molar-refractivity contribution in [2.24, 2.45) is 0 Å². The number of allylic oxidation sites excluding steroid dienone is 8. The van der Waals surface area contributed by atoms with Gasteiger partial charge < -0.3 is 24.8 Å². The van der Waals surface area contributed by atoms with Gasteiger partial charge in [0.15, 0.2) is 0 Å². The average Bonchev–Trinajstić information content (AvgIpc) is 3.56. The second-order valence-electron chi connectivity index (χ2n) is 10.2. The minimum absolute atomic E-state index is 0. The van der Waals surface area contributed by atoms with E-state index in [2.05, 4.69) is 147 Å². The van der Waals surface area contributed by atoms with Gasteiger partial charge >= 0.3 is 238 Å². The maximum Gasteiger partial charge on any atom is -1.00 e. The molecule has 0 unspecified atom stereocenters. The molecule has 2 aliphatic rings. The van der Waals surface area contributed by atoms with E-state index in [0.717, 1.165) is 12.8 Å². The van der Waals surface area contributed by atoms with Gasteiger partial charge in [-0.3, -0.25) is 0 Å². The summed E-state index contributed by atoms with van der Waals surface area (Å²) >= 11 is -2.35. The molecule has 198 valence electrons. The Balaban J connectivity index is 0.00000185. The van der Waals surface area contributed by atoms with Crippen molar-refractivity contribution in [3.8, 4) is 0 Å². The monoisotopic (exact) mass is 698 g/mol. The molecule has 4 heteroatoms. The summed E-state index contributed by atoms with van der Waals surface area (Å²) in [5, 5.41) is 0. The fourth-order valence-corrected chi connectivity index (χ4v) is 42.7. The second-order valence-corrected chi connectivity index (χ2v) is 31.6. The summed E-state index contributed by atoms with van der Waals surface area (Å²) in [6.07, 6.45) is 7.26. The molecule has 6 rings (SSSR count). The molecule has 0 radical (unpaired) electrons. The molecule has 0 saturated carbocycles. The quantitative estimate of drug-likeness (QED) is 0.271. The van der Waals surface area contributed by atoms with Crippen LogP contribution in [0.1, 0.15) is 37.8 Å². The summed E-state index contributed by atoms with van der Waals surface area (Å²) in [7, 11) is -1.86. The summed E-state index contributed by atoms with van der Waals surface area (Å²) in [5.74, 6) is 0. The number of rotatable bonds is 6. The number of hydrogen-bond donors (Lipinski definition) is 0. The molecular formula is C36H32Cl2GeZr. The van der Waals surface area contributed by atoms with Crippen LogP contribution >= 0.6 is 0 Å². The van der Waals surface area contributed by atoms with Crippen molar-refractivity contribution in [3.05, 3.63) is 162 Å². The van der Waals surface area contributed by atoms with Crippen LogP contribution in [0.25, 0.3) is 11.1 Å². The van der Waals surface area contributed by atoms with E-state index in [4.69, 9.17) is 0 Å². The largest absolute Gasteiger partial charge is 1.00 e. The Labute approximate surface area is 260 Å². The third-order valence-electron chi connectivity index (χ3n) is 7.74. The number of hydrogen-bond acceptors (Lipinski definition) is 0. The first-order valence-corrected chi connectivity index (χ1v) is 25.5. The molecule has 4 aromatic carbocycles. The molecule has 0 aliphatic heterocycles. The Hall–Kier alpha value is -2.15. The number of halogens is 2. The molecule has 0 N–H and O–H groups in total. The molecule has 0 fully saturated rings. The predicted molar refractivity (Wildman–Crippen MR) is 161 cm³/mol. The van der Waals surface area contributed by atoms with E-state index in [1.54, 1.807) is 19.9 Å². The zero-order valence-corrected chi connectivity index (χ0v) is 28.9. The normalized spacial score (nSPS) is 14.0. The van der Waals surface area contributed by atoms with Gasteiger partial charge in [0.25, 0.3) is 0 Å². The number of benzene rings is 4. The van der Waals surface area contributed by atoms with Gasteiger partial charge in [-0.15, -0.1) is 0 Å². The van der Waals surface area contributed by atoms with E-state index >= 15 is 0 Å². The third kappa shape index (κ3) is 6.50. The minimum Gasteiger partial charge on any atom is -1.00 e. The Morgan fingerprint density at radius 2 is 0.800 bits per heavy atom. The SMILES string of the molecule is CC1=[C]([Zr+2]([C]2=C(C)C=C(c3ccccc3)C2)=[Ge]([c]2ccccc2)[c]2ccccc2)CC(c2ccccc2)=C1.[Cl-].[Cl-]. The van der Waals surface area contributed by atoms with Gasteiger partial charge in [-0.1, -0.05) is 0 Å². The van der Waals surface area contributed by atoms with Crippen molar-refractivity contribution in [3.63, 3.8) is 0 Å². The van der Waals surface area contributed by atoms with Crippen molar-refractivity contribution in [2.45, 2.75) is 26.7 Å². The fraction of sp³-hybridized carbons (Fsp3) is 0.111. The van der Waals surface area contributed by atoms with E-state index in [1.165, 1.54) is 22.3 Å². The molecule has 0 aromatic heterocycles. The second kappa shape index (κ2) is 14.1. The van der Waals surface area contributed by atoms with E-state index in [0.29, 0.717) is 0 Å². The first-order valence-electron chi connectivity index (χ1n) is 13.5. The molecule has 40 heavy (non-hydrogen) atoms. The zero-order chi connectivity index (χ0) is 25.9. The van der Waals surface area contributed by atoms with Crippen LogP contribution in [0.3, 0.4) is 0 Å². The molecule has 0 bridgehead atoms. The van der Waals surface area contributed by atoms with Crippen LogP contribution in [0.4, 0.5) is 0 Å². The van der Waals surface area contributed by atoms with Crippen LogP contribution in [0.2, 0.25) is 0 Å². The molecule has 2 aliphatic carbocycles. The maximum absolute atomic E-state index is 2.51. The van der Waals surface area contributed by atoms with E-state index in [9.17, 15) is 0 Å². The van der Waals surface area contributed by atoms with Gasteiger partial charge in [0, 0.05) is 0 Å². The molecule has 0 nitrogen and oxygen atoms in total. The first-order chi connectivity index (χ1) is 18.7. The topological polar surface area (TPSA) is 0 Å². The zero-order valence-electron chi connectivity index (χ0n) is 22.9. The molecule has 0 amide bonds. The molecule has 0 heterocycles. The first kappa shape index (κ1) is 30.8.